The largest absolute Gasteiger partial charge is 0.393 e. The molecule has 0 spiro atoms. The predicted octanol–water partition coefficient (Wildman–Crippen LogP) is 0.120. The fourth-order valence-electron chi connectivity index (χ4n) is 1.55. The molecule has 1 aromatic heterocycles. The monoisotopic (exact) mass is 249 g/mol. The Morgan fingerprint density at radius 3 is 2.78 bits per heavy atom. The Bertz CT molecular complexity index is 658. The van der Waals surface area contributed by atoms with E-state index in [1.54, 1.807) is 13.1 Å². The minimum atomic E-state index is -0.556. The van der Waals surface area contributed by atoms with Gasteiger partial charge in [-0.2, -0.15) is 5.10 Å². The van der Waals surface area contributed by atoms with Gasteiger partial charge in [0.2, 0.25) is 0 Å². The molecular formula is C10H11N5O3. The molecule has 2 rings (SSSR count). The van der Waals surface area contributed by atoms with Crippen molar-refractivity contribution >= 4 is 11.4 Å². The Morgan fingerprint density at radius 2 is 2.22 bits per heavy atom. The van der Waals surface area contributed by atoms with E-state index in [1.165, 1.54) is 27.7 Å². The van der Waals surface area contributed by atoms with Gasteiger partial charge in [0.1, 0.15) is 12.0 Å². The van der Waals surface area contributed by atoms with E-state index in [2.05, 4.69) is 5.10 Å². The molecule has 0 amide bonds. The van der Waals surface area contributed by atoms with Crippen molar-refractivity contribution in [1.29, 1.82) is 0 Å². The first-order chi connectivity index (χ1) is 8.49. The molecule has 0 bridgehead atoms. The van der Waals surface area contributed by atoms with Crippen molar-refractivity contribution in [3.63, 3.8) is 0 Å². The number of nitrogens with two attached hydrogens (primary N) is 1. The zero-order valence-electron chi connectivity index (χ0n) is 9.61. The summed E-state index contributed by atoms with van der Waals surface area (Å²) in [6, 6.07) is 4.42. The number of anilines is 1. The smallest absolute Gasteiger partial charge is 0.345 e. The lowest BCUT2D eigenvalue weighted by Crippen LogP contribution is -2.23. The van der Waals surface area contributed by atoms with Gasteiger partial charge in [-0.1, -0.05) is 6.07 Å². The number of rotatable bonds is 3. The van der Waals surface area contributed by atoms with Gasteiger partial charge in [-0.25, -0.2) is 9.48 Å². The topological polar surface area (TPSA) is 109 Å². The predicted molar refractivity (Wildman–Crippen MR) is 64.1 cm³/mol. The van der Waals surface area contributed by atoms with Gasteiger partial charge >= 0.3 is 5.69 Å². The zero-order chi connectivity index (χ0) is 13.3. The molecule has 0 saturated carbocycles. The molecule has 0 radical (unpaired) electrons. The summed E-state index contributed by atoms with van der Waals surface area (Å²) in [4.78, 5) is 21.7. The maximum atomic E-state index is 11.6. The number of aryl methyl sites for hydroxylation is 1. The van der Waals surface area contributed by atoms with E-state index >= 15 is 0 Å². The first-order valence-electron chi connectivity index (χ1n) is 5.10. The van der Waals surface area contributed by atoms with Crippen molar-refractivity contribution in [2.75, 3.05) is 5.73 Å². The molecule has 8 heteroatoms. The average molecular weight is 249 g/mol. The SMILES string of the molecule is Cn1cnn(Cc2ccc(N)c([N+](=O)[O-])c2)c1=O. The molecule has 0 aliphatic carbocycles. The lowest BCUT2D eigenvalue weighted by atomic mass is 10.2. The summed E-state index contributed by atoms with van der Waals surface area (Å²) in [6.45, 7) is 0.167. The first-order valence-corrected chi connectivity index (χ1v) is 5.10. The third-order valence-corrected chi connectivity index (χ3v) is 2.51. The van der Waals surface area contributed by atoms with E-state index in [0.717, 1.165) is 0 Å². The summed E-state index contributed by atoms with van der Waals surface area (Å²) in [5, 5.41) is 14.6. The number of benzene rings is 1. The van der Waals surface area contributed by atoms with Crippen LogP contribution in [0.2, 0.25) is 0 Å². The fraction of sp³-hybridized carbons (Fsp3) is 0.200. The molecular weight excluding hydrogens is 238 g/mol. The van der Waals surface area contributed by atoms with E-state index in [0.29, 0.717) is 5.56 Å². The maximum Gasteiger partial charge on any atom is 0.345 e. The van der Waals surface area contributed by atoms with Gasteiger partial charge in [0.25, 0.3) is 5.69 Å². The Kier molecular flexibility index (Phi) is 2.84. The van der Waals surface area contributed by atoms with Gasteiger partial charge in [-0.3, -0.25) is 14.7 Å². The highest BCUT2D eigenvalue weighted by Gasteiger charge is 2.12. The number of hydrogen-bond donors (Lipinski definition) is 1. The van der Waals surface area contributed by atoms with E-state index in [1.807, 2.05) is 0 Å². The lowest BCUT2D eigenvalue weighted by Gasteiger charge is -2.02. The summed E-state index contributed by atoms with van der Waals surface area (Å²) >= 11 is 0. The standard InChI is InChI=1S/C10H11N5O3/c1-13-6-12-14(10(13)16)5-7-2-3-8(11)9(4-7)15(17)18/h2-4,6H,5,11H2,1H3. The van der Waals surface area contributed by atoms with Gasteiger partial charge in [0.05, 0.1) is 11.5 Å². The van der Waals surface area contributed by atoms with Gasteiger partial charge in [0, 0.05) is 13.1 Å². The third kappa shape index (κ3) is 2.08. The first kappa shape index (κ1) is 11.8. The number of nitrogens with zero attached hydrogens (tertiary/aromatic N) is 4. The van der Waals surface area contributed by atoms with Crippen molar-refractivity contribution in [3.8, 4) is 0 Å². The van der Waals surface area contributed by atoms with Crippen LogP contribution in [0.3, 0.4) is 0 Å². The molecule has 94 valence electrons. The number of hydrogen-bond acceptors (Lipinski definition) is 5. The van der Waals surface area contributed by atoms with Gasteiger partial charge in [-0.05, 0) is 11.6 Å². The molecule has 0 unspecified atom stereocenters. The quantitative estimate of drug-likeness (QED) is 0.472. The highest BCUT2D eigenvalue weighted by molar-refractivity contribution is 5.59. The second-order valence-corrected chi connectivity index (χ2v) is 3.83. The van der Waals surface area contributed by atoms with Crippen LogP contribution < -0.4 is 11.4 Å². The molecule has 0 saturated heterocycles. The fourth-order valence-corrected chi connectivity index (χ4v) is 1.55. The summed E-state index contributed by atoms with van der Waals surface area (Å²) in [7, 11) is 1.58. The van der Waals surface area contributed by atoms with E-state index in [4.69, 9.17) is 5.73 Å². The molecule has 8 nitrogen and oxygen atoms in total. The zero-order valence-corrected chi connectivity index (χ0v) is 9.61. The second-order valence-electron chi connectivity index (χ2n) is 3.83. The molecule has 0 fully saturated rings. The highest BCUT2D eigenvalue weighted by atomic mass is 16.6. The van der Waals surface area contributed by atoms with Crippen LogP contribution in [0.1, 0.15) is 5.56 Å². The molecule has 1 aromatic carbocycles. The van der Waals surface area contributed by atoms with Crippen LogP contribution in [0.25, 0.3) is 0 Å². The van der Waals surface area contributed by atoms with Crippen LogP contribution in [0, 0.1) is 10.1 Å². The van der Waals surface area contributed by atoms with E-state index < -0.39 is 4.92 Å². The second kappa shape index (κ2) is 4.32. The van der Waals surface area contributed by atoms with Crippen LogP contribution >= 0.6 is 0 Å². The molecule has 0 atom stereocenters. The lowest BCUT2D eigenvalue weighted by molar-refractivity contribution is -0.384. The van der Waals surface area contributed by atoms with Crippen LogP contribution in [-0.4, -0.2) is 19.3 Å². The summed E-state index contributed by atoms with van der Waals surface area (Å²) in [5.74, 6) is 0. The Hall–Kier alpha value is -2.64. The van der Waals surface area contributed by atoms with Gasteiger partial charge in [-0.15, -0.1) is 0 Å². The molecule has 0 aliphatic heterocycles. The number of nitrogen functional groups attached to an aromatic ring is 1. The molecule has 0 aliphatic rings. The summed E-state index contributed by atoms with van der Waals surface area (Å²) < 4.78 is 2.54. The minimum absolute atomic E-state index is 0.0946. The number of aromatic nitrogens is 3. The van der Waals surface area contributed by atoms with E-state index in [9.17, 15) is 14.9 Å². The molecule has 2 aromatic rings. The van der Waals surface area contributed by atoms with Crippen LogP contribution in [0.15, 0.2) is 29.3 Å². The van der Waals surface area contributed by atoms with Crippen LogP contribution in [-0.2, 0) is 13.6 Å². The van der Waals surface area contributed by atoms with Crippen molar-refractivity contribution in [3.05, 3.63) is 50.7 Å². The van der Waals surface area contributed by atoms with Crippen molar-refractivity contribution in [1.82, 2.24) is 14.3 Å². The molecule has 1 heterocycles. The Morgan fingerprint density at radius 1 is 1.50 bits per heavy atom. The maximum absolute atomic E-state index is 11.6. The molecule has 2 N–H and O–H groups in total. The Balaban J connectivity index is 2.36. The van der Waals surface area contributed by atoms with Gasteiger partial charge < -0.3 is 5.73 Å². The average Bonchev–Trinajstić information content (AvgIpc) is 2.63. The normalized spacial score (nSPS) is 10.5. The van der Waals surface area contributed by atoms with Crippen molar-refractivity contribution in [2.45, 2.75) is 6.54 Å². The molecule has 18 heavy (non-hydrogen) atoms. The summed E-state index contributed by atoms with van der Waals surface area (Å²) in [6.07, 6.45) is 1.38. The minimum Gasteiger partial charge on any atom is -0.393 e. The van der Waals surface area contributed by atoms with Crippen molar-refractivity contribution < 1.29 is 4.92 Å². The summed E-state index contributed by atoms with van der Waals surface area (Å²) in [5.41, 5.74) is 5.72. The van der Waals surface area contributed by atoms with Gasteiger partial charge in [0.15, 0.2) is 0 Å². The van der Waals surface area contributed by atoms with Crippen LogP contribution in [0.4, 0.5) is 11.4 Å². The van der Waals surface area contributed by atoms with Crippen LogP contribution in [0.5, 0.6) is 0 Å². The Labute approximate surface area is 101 Å². The third-order valence-electron chi connectivity index (χ3n) is 2.51. The van der Waals surface area contributed by atoms with Crippen molar-refractivity contribution in [2.24, 2.45) is 7.05 Å². The number of nitro groups is 1. The number of nitro benzene ring substituents is 1. The highest BCUT2D eigenvalue weighted by Crippen LogP contribution is 2.22. The van der Waals surface area contributed by atoms with E-state index in [-0.39, 0.29) is 23.6 Å².